The Hall–Kier alpha value is -1.59. The molecule has 1 aromatic carbocycles. The van der Waals surface area contributed by atoms with Gasteiger partial charge in [-0.15, -0.1) is 0 Å². The van der Waals surface area contributed by atoms with E-state index >= 15 is 0 Å². The summed E-state index contributed by atoms with van der Waals surface area (Å²) in [6.45, 7) is 7.24. The van der Waals surface area contributed by atoms with Gasteiger partial charge in [0, 0.05) is 31.2 Å². The first-order valence-electron chi connectivity index (χ1n) is 9.63. The van der Waals surface area contributed by atoms with Gasteiger partial charge in [0.2, 0.25) is 0 Å². The zero-order chi connectivity index (χ0) is 17.6. The molecule has 2 aliphatic heterocycles. The minimum Gasteiger partial charge on any atom is -0.490 e. The van der Waals surface area contributed by atoms with Crippen LogP contribution in [0.3, 0.4) is 0 Å². The van der Waals surface area contributed by atoms with Gasteiger partial charge in [-0.25, -0.2) is 0 Å². The number of amides is 1. The number of carbonyl (C=O) groups excluding carboxylic acids is 1. The first-order valence-corrected chi connectivity index (χ1v) is 9.63. The van der Waals surface area contributed by atoms with Gasteiger partial charge in [0.05, 0.1) is 0 Å². The molecule has 0 spiro atoms. The van der Waals surface area contributed by atoms with Gasteiger partial charge in [-0.05, 0) is 70.9 Å². The summed E-state index contributed by atoms with van der Waals surface area (Å²) in [4.78, 5) is 17.0. The fourth-order valence-corrected chi connectivity index (χ4v) is 3.88. The molecule has 3 rings (SSSR count). The van der Waals surface area contributed by atoms with E-state index in [0.29, 0.717) is 12.1 Å². The van der Waals surface area contributed by atoms with Crippen LogP contribution in [0.4, 0.5) is 0 Å². The van der Waals surface area contributed by atoms with Crippen molar-refractivity contribution in [3.8, 4) is 5.75 Å². The van der Waals surface area contributed by atoms with Gasteiger partial charge < -0.3 is 19.9 Å². The highest BCUT2D eigenvalue weighted by molar-refractivity contribution is 5.94. The standard InChI is InChI=1S/C20H31N3O2/c1-3-21-20(24)16-5-4-6-19(15-16)25-18-9-13-23(14-10-18)17-7-11-22(2)12-8-17/h4-6,15,17-18H,3,7-14H2,1-2H3,(H,21,24). The molecule has 1 aromatic rings. The van der Waals surface area contributed by atoms with Crippen LogP contribution >= 0.6 is 0 Å². The Labute approximate surface area is 151 Å². The average Bonchev–Trinajstić information content (AvgIpc) is 2.64. The molecule has 5 heteroatoms. The average molecular weight is 345 g/mol. The van der Waals surface area contributed by atoms with Crippen LogP contribution in [-0.4, -0.2) is 67.6 Å². The molecule has 2 fully saturated rings. The molecular formula is C20H31N3O2. The van der Waals surface area contributed by atoms with Crippen LogP contribution in [0.25, 0.3) is 0 Å². The molecular weight excluding hydrogens is 314 g/mol. The van der Waals surface area contributed by atoms with Gasteiger partial charge in [0.25, 0.3) is 5.91 Å². The van der Waals surface area contributed by atoms with Crippen molar-refractivity contribution in [2.45, 2.75) is 44.8 Å². The minimum atomic E-state index is -0.0370. The van der Waals surface area contributed by atoms with Gasteiger partial charge in [0.1, 0.15) is 11.9 Å². The van der Waals surface area contributed by atoms with Gasteiger partial charge >= 0.3 is 0 Å². The molecule has 0 saturated carbocycles. The lowest BCUT2D eigenvalue weighted by molar-refractivity contribution is 0.0525. The topological polar surface area (TPSA) is 44.8 Å². The summed E-state index contributed by atoms with van der Waals surface area (Å²) < 4.78 is 6.16. The predicted octanol–water partition coefficient (Wildman–Crippen LogP) is 2.37. The molecule has 0 aromatic heterocycles. The molecule has 138 valence electrons. The second-order valence-corrected chi connectivity index (χ2v) is 7.27. The van der Waals surface area contributed by atoms with Crippen molar-refractivity contribution in [1.82, 2.24) is 15.1 Å². The Kier molecular flexibility index (Phi) is 6.32. The third-order valence-corrected chi connectivity index (χ3v) is 5.42. The van der Waals surface area contributed by atoms with Crippen molar-refractivity contribution in [3.63, 3.8) is 0 Å². The van der Waals surface area contributed by atoms with Crippen LogP contribution in [0, 0.1) is 0 Å². The third kappa shape index (κ3) is 4.95. The molecule has 1 N–H and O–H groups in total. The number of carbonyl (C=O) groups is 1. The van der Waals surface area contributed by atoms with Crippen molar-refractivity contribution in [1.29, 1.82) is 0 Å². The number of piperidine rings is 2. The molecule has 0 radical (unpaired) electrons. The van der Waals surface area contributed by atoms with E-state index in [4.69, 9.17) is 4.74 Å². The van der Waals surface area contributed by atoms with E-state index in [0.717, 1.165) is 37.7 Å². The summed E-state index contributed by atoms with van der Waals surface area (Å²) >= 11 is 0. The second-order valence-electron chi connectivity index (χ2n) is 7.27. The summed E-state index contributed by atoms with van der Waals surface area (Å²) in [7, 11) is 2.21. The summed E-state index contributed by atoms with van der Waals surface area (Å²) in [5, 5.41) is 2.83. The fraction of sp³-hybridized carbons (Fsp3) is 0.650. The lowest BCUT2D eigenvalue weighted by Gasteiger charge is -2.41. The van der Waals surface area contributed by atoms with E-state index < -0.39 is 0 Å². The maximum Gasteiger partial charge on any atom is 0.251 e. The van der Waals surface area contributed by atoms with E-state index in [-0.39, 0.29) is 12.0 Å². The largest absolute Gasteiger partial charge is 0.490 e. The number of hydrogen-bond acceptors (Lipinski definition) is 4. The maximum atomic E-state index is 12.0. The second kappa shape index (κ2) is 8.68. The Bertz CT molecular complexity index is 562. The maximum absolute atomic E-state index is 12.0. The molecule has 0 atom stereocenters. The van der Waals surface area contributed by atoms with Gasteiger partial charge in [-0.2, -0.15) is 0 Å². The Morgan fingerprint density at radius 3 is 2.56 bits per heavy atom. The fourth-order valence-electron chi connectivity index (χ4n) is 3.88. The monoisotopic (exact) mass is 345 g/mol. The van der Waals surface area contributed by atoms with Crippen molar-refractivity contribution < 1.29 is 9.53 Å². The van der Waals surface area contributed by atoms with Crippen LogP contribution < -0.4 is 10.1 Å². The van der Waals surface area contributed by atoms with E-state index in [1.54, 1.807) is 0 Å². The number of ether oxygens (including phenoxy) is 1. The summed E-state index contributed by atoms with van der Waals surface area (Å²) in [6.07, 6.45) is 4.97. The smallest absolute Gasteiger partial charge is 0.251 e. The molecule has 25 heavy (non-hydrogen) atoms. The van der Waals surface area contributed by atoms with Crippen LogP contribution in [0.5, 0.6) is 5.75 Å². The van der Waals surface area contributed by atoms with Crippen molar-refractivity contribution in [2.75, 3.05) is 39.8 Å². The predicted molar refractivity (Wildman–Crippen MR) is 100 cm³/mol. The highest BCUT2D eigenvalue weighted by Crippen LogP contribution is 2.24. The van der Waals surface area contributed by atoms with Gasteiger partial charge in [0.15, 0.2) is 0 Å². The van der Waals surface area contributed by atoms with E-state index in [2.05, 4.69) is 22.2 Å². The quantitative estimate of drug-likeness (QED) is 0.890. The summed E-state index contributed by atoms with van der Waals surface area (Å²) in [5.41, 5.74) is 0.670. The van der Waals surface area contributed by atoms with Gasteiger partial charge in [-0.3, -0.25) is 4.79 Å². The summed E-state index contributed by atoms with van der Waals surface area (Å²) in [6, 6.07) is 8.28. The lowest BCUT2D eigenvalue weighted by atomic mass is 9.99. The molecule has 2 aliphatic rings. The Morgan fingerprint density at radius 2 is 1.88 bits per heavy atom. The highest BCUT2D eigenvalue weighted by atomic mass is 16.5. The number of rotatable bonds is 5. The first-order chi connectivity index (χ1) is 12.2. The van der Waals surface area contributed by atoms with E-state index in [1.165, 1.54) is 25.9 Å². The molecule has 2 saturated heterocycles. The summed E-state index contributed by atoms with van der Waals surface area (Å²) in [5.74, 6) is 0.770. The molecule has 1 amide bonds. The minimum absolute atomic E-state index is 0.0370. The number of nitrogens with one attached hydrogen (secondary N) is 1. The number of benzene rings is 1. The molecule has 5 nitrogen and oxygen atoms in total. The van der Waals surface area contributed by atoms with Crippen molar-refractivity contribution in [3.05, 3.63) is 29.8 Å². The molecule has 2 heterocycles. The molecule has 0 unspecified atom stereocenters. The Balaban J connectivity index is 1.49. The first kappa shape index (κ1) is 18.2. The van der Waals surface area contributed by atoms with E-state index in [9.17, 15) is 4.79 Å². The molecule has 0 aliphatic carbocycles. The van der Waals surface area contributed by atoms with Crippen molar-refractivity contribution in [2.24, 2.45) is 0 Å². The normalized spacial score (nSPS) is 21.2. The lowest BCUT2D eigenvalue weighted by Crippen LogP contribution is -2.48. The van der Waals surface area contributed by atoms with Crippen LogP contribution in [0.2, 0.25) is 0 Å². The number of nitrogens with zero attached hydrogens (tertiary/aromatic N) is 2. The van der Waals surface area contributed by atoms with Gasteiger partial charge in [-0.1, -0.05) is 6.07 Å². The van der Waals surface area contributed by atoms with Crippen molar-refractivity contribution >= 4 is 5.91 Å². The third-order valence-electron chi connectivity index (χ3n) is 5.42. The molecule has 0 bridgehead atoms. The highest BCUT2D eigenvalue weighted by Gasteiger charge is 2.28. The van der Waals surface area contributed by atoms with Crippen LogP contribution in [-0.2, 0) is 0 Å². The zero-order valence-electron chi connectivity index (χ0n) is 15.5. The number of likely N-dealkylation sites (tertiary alicyclic amines) is 2. The SMILES string of the molecule is CCNC(=O)c1cccc(OC2CCN(C3CCN(C)CC3)CC2)c1. The van der Waals surface area contributed by atoms with Crippen LogP contribution in [0.15, 0.2) is 24.3 Å². The number of hydrogen-bond donors (Lipinski definition) is 1. The van der Waals surface area contributed by atoms with E-state index in [1.807, 2.05) is 31.2 Å². The Morgan fingerprint density at radius 1 is 1.16 bits per heavy atom. The van der Waals surface area contributed by atoms with Crippen LogP contribution in [0.1, 0.15) is 43.0 Å². The zero-order valence-corrected chi connectivity index (χ0v) is 15.5.